The lowest BCUT2D eigenvalue weighted by Gasteiger charge is -2.11. The first-order valence-corrected chi connectivity index (χ1v) is 8.01. The Bertz CT molecular complexity index is 221. The van der Waals surface area contributed by atoms with Gasteiger partial charge in [0.05, 0.1) is 0 Å². The van der Waals surface area contributed by atoms with Gasteiger partial charge in [0.2, 0.25) is 0 Å². The van der Waals surface area contributed by atoms with Crippen molar-refractivity contribution in [2.24, 2.45) is 0 Å². The van der Waals surface area contributed by atoms with Crippen LogP contribution in [0.25, 0.3) is 0 Å². The van der Waals surface area contributed by atoms with Crippen LogP contribution in [0.3, 0.4) is 0 Å². The third-order valence-electron chi connectivity index (χ3n) is 1.95. The molecule has 0 aromatic rings. The molecule has 0 aromatic carbocycles. The monoisotopic (exact) mass is 296 g/mol. The zero-order chi connectivity index (χ0) is 12.4. The van der Waals surface area contributed by atoms with Gasteiger partial charge in [0.25, 0.3) is 0 Å². The minimum Gasteiger partial charge on any atom is -0.374 e. The molecule has 0 heterocycles. The third-order valence-corrected chi connectivity index (χ3v) is 5.02. The number of hydrogen-bond donors (Lipinski definition) is 2. The number of rotatable bonds is 6. The van der Waals surface area contributed by atoms with Gasteiger partial charge in [-0.2, -0.15) is 0 Å². The van der Waals surface area contributed by atoms with Gasteiger partial charge in [0.15, 0.2) is 0 Å². The molecule has 16 heavy (non-hydrogen) atoms. The first kappa shape index (κ1) is 16.5. The first-order chi connectivity index (χ1) is 7.60. The Hall–Kier alpha value is 0.480. The highest BCUT2D eigenvalue weighted by Gasteiger charge is 2.05. The van der Waals surface area contributed by atoms with Gasteiger partial charge < -0.3 is 10.6 Å². The zero-order valence-electron chi connectivity index (χ0n) is 10.0. The highest BCUT2D eigenvalue weighted by atomic mass is 32.2. The normalized spacial score (nSPS) is 11.9. The largest absolute Gasteiger partial charge is 0.374 e. The lowest BCUT2D eigenvalue weighted by atomic mass is 10.2. The summed E-state index contributed by atoms with van der Waals surface area (Å²) < 4.78 is 1.78. The molecule has 0 bridgehead atoms. The summed E-state index contributed by atoms with van der Waals surface area (Å²) in [5.41, 5.74) is 0. The third kappa shape index (κ3) is 9.69. The maximum atomic E-state index is 5.11. The lowest BCUT2D eigenvalue weighted by molar-refractivity contribution is 0.720. The molecule has 0 fully saturated rings. The van der Waals surface area contributed by atoms with Crippen molar-refractivity contribution in [2.45, 2.75) is 31.4 Å². The molecule has 6 heteroatoms. The lowest BCUT2D eigenvalue weighted by Crippen LogP contribution is -2.14. The molecule has 2 nitrogen and oxygen atoms in total. The van der Waals surface area contributed by atoms with Crippen LogP contribution in [0.15, 0.2) is 0 Å². The number of thiocarbonyl (C=S) groups is 2. The van der Waals surface area contributed by atoms with Crippen molar-refractivity contribution in [3.05, 3.63) is 0 Å². The molecule has 0 saturated heterocycles. The van der Waals surface area contributed by atoms with Crippen molar-refractivity contribution in [1.82, 2.24) is 10.6 Å². The minimum atomic E-state index is 0.598. The van der Waals surface area contributed by atoms with Crippen LogP contribution in [-0.4, -0.2) is 33.7 Å². The summed E-state index contributed by atoms with van der Waals surface area (Å²) in [7, 11) is 3.74. The maximum absolute atomic E-state index is 5.11. The van der Waals surface area contributed by atoms with Crippen molar-refractivity contribution in [3.8, 4) is 0 Å². The van der Waals surface area contributed by atoms with E-state index in [0.29, 0.717) is 5.25 Å². The number of thioether (sulfide) groups is 2. The van der Waals surface area contributed by atoms with Gasteiger partial charge in [-0.15, -0.1) is 0 Å². The molecule has 0 aromatic heterocycles. The molecule has 0 aliphatic carbocycles. The minimum absolute atomic E-state index is 0.598. The number of unbranched alkanes of at least 4 members (excludes halogenated alkanes) is 1. The molecule has 0 spiro atoms. The molecule has 0 amide bonds. The first-order valence-electron chi connectivity index (χ1n) is 5.33. The summed E-state index contributed by atoms with van der Waals surface area (Å²) in [5, 5.41) is 6.55. The van der Waals surface area contributed by atoms with E-state index in [-0.39, 0.29) is 0 Å². The Morgan fingerprint density at radius 3 is 2.31 bits per heavy atom. The van der Waals surface area contributed by atoms with Crippen LogP contribution in [0.5, 0.6) is 0 Å². The summed E-state index contributed by atoms with van der Waals surface area (Å²) in [6, 6.07) is 0. The van der Waals surface area contributed by atoms with Crippen molar-refractivity contribution >= 4 is 56.6 Å². The standard InChI is InChI=1S/C10H20N2S4/c1-8(16-10(14)12-3)6-4-5-7-15-9(13)11-2/h8H,4-7H2,1-3H3,(H,11,13)(H,12,14). The summed E-state index contributed by atoms with van der Waals surface area (Å²) in [6.45, 7) is 2.22. The van der Waals surface area contributed by atoms with Crippen LogP contribution in [0.2, 0.25) is 0 Å². The van der Waals surface area contributed by atoms with E-state index in [9.17, 15) is 0 Å². The molecule has 0 saturated carbocycles. The van der Waals surface area contributed by atoms with Crippen LogP contribution < -0.4 is 10.6 Å². The van der Waals surface area contributed by atoms with E-state index in [0.717, 1.165) is 14.4 Å². The number of hydrogen-bond acceptors (Lipinski definition) is 4. The molecule has 0 rings (SSSR count). The quantitative estimate of drug-likeness (QED) is 0.577. The average molecular weight is 297 g/mol. The second-order valence-electron chi connectivity index (χ2n) is 3.35. The predicted molar refractivity (Wildman–Crippen MR) is 86.7 cm³/mol. The van der Waals surface area contributed by atoms with E-state index in [4.69, 9.17) is 24.4 Å². The van der Waals surface area contributed by atoms with Crippen molar-refractivity contribution < 1.29 is 0 Å². The van der Waals surface area contributed by atoms with Gasteiger partial charge >= 0.3 is 0 Å². The molecule has 1 atom stereocenters. The molecular weight excluding hydrogens is 276 g/mol. The Balaban J connectivity index is 3.37. The Morgan fingerprint density at radius 2 is 1.75 bits per heavy atom. The van der Waals surface area contributed by atoms with E-state index < -0.39 is 0 Å². The predicted octanol–water partition coefficient (Wildman–Crippen LogP) is 3.02. The van der Waals surface area contributed by atoms with Crippen molar-refractivity contribution in [2.75, 3.05) is 19.8 Å². The van der Waals surface area contributed by atoms with Gasteiger partial charge in [-0.05, 0) is 12.8 Å². The Morgan fingerprint density at radius 1 is 1.12 bits per heavy atom. The van der Waals surface area contributed by atoms with Gasteiger partial charge in [0, 0.05) is 25.1 Å². The van der Waals surface area contributed by atoms with E-state index in [1.807, 2.05) is 14.1 Å². The highest BCUT2D eigenvalue weighted by molar-refractivity contribution is 8.23. The fourth-order valence-electron chi connectivity index (χ4n) is 1.07. The van der Waals surface area contributed by atoms with Crippen LogP contribution in [0.4, 0.5) is 0 Å². The Kier molecular flexibility index (Phi) is 10.9. The van der Waals surface area contributed by atoms with Gasteiger partial charge in [0.1, 0.15) is 8.64 Å². The highest BCUT2D eigenvalue weighted by Crippen LogP contribution is 2.18. The summed E-state index contributed by atoms with van der Waals surface area (Å²) in [6.07, 6.45) is 3.66. The average Bonchev–Trinajstić information content (AvgIpc) is 2.27. The molecule has 94 valence electrons. The number of nitrogens with one attached hydrogen (secondary N) is 2. The van der Waals surface area contributed by atoms with Crippen LogP contribution >= 0.6 is 48.0 Å². The SMILES string of the molecule is CNC(=S)SCCCCC(C)SC(=S)NC. The van der Waals surface area contributed by atoms with Crippen molar-refractivity contribution in [3.63, 3.8) is 0 Å². The second kappa shape index (κ2) is 10.6. The van der Waals surface area contributed by atoms with Crippen LogP contribution in [-0.2, 0) is 0 Å². The molecule has 0 aliphatic rings. The summed E-state index contributed by atoms with van der Waals surface area (Å²) in [5.74, 6) is 1.10. The second-order valence-corrected chi connectivity index (χ2v) is 7.23. The summed E-state index contributed by atoms with van der Waals surface area (Å²) in [4.78, 5) is 0. The van der Waals surface area contributed by atoms with E-state index in [1.165, 1.54) is 19.3 Å². The van der Waals surface area contributed by atoms with Gasteiger partial charge in [-0.3, -0.25) is 0 Å². The van der Waals surface area contributed by atoms with Crippen LogP contribution in [0.1, 0.15) is 26.2 Å². The van der Waals surface area contributed by atoms with Crippen LogP contribution in [0, 0.1) is 0 Å². The van der Waals surface area contributed by atoms with Crippen molar-refractivity contribution in [1.29, 1.82) is 0 Å². The maximum Gasteiger partial charge on any atom is 0.133 e. The summed E-state index contributed by atoms with van der Waals surface area (Å²) >= 11 is 13.6. The van der Waals surface area contributed by atoms with E-state index >= 15 is 0 Å². The van der Waals surface area contributed by atoms with E-state index in [2.05, 4.69) is 17.6 Å². The van der Waals surface area contributed by atoms with Gasteiger partial charge in [-0.25, -0.2) is 0 Å². The fraction of sp³-hybridized carbons (Fsp3) is 0.800. The Labute approximate surface area is 118 Å². The molecule has 1 unspecified atom stereocenters. The molecule has 0 aliphatic heterocycles. The topological polar surface area (TPSA) is 24.1 Å². The van der Waals surface area contributed by atoms with Gasteiger partial charge in [-0.1, -0.05) is 61.3 Å². The molecular formula is C10H20N2S4. The molecule has 2 N–H and O–H groups in total. The zero-order valence-corrected chi connectivity index (χ0v) is 13.3. The van der Waals surface area contributed by atoms with E-state index in [1.54, 1.807) is 23.5 Å². The fourth-order valence-corrected chi connectivity index (χ4v) is 3.26. The molecule has 0 radical (unpaired) electrons. The smallest absolute Gasteiger partial charge is 0.133 e.